The van der Waals surface area contributed by atoms with Crippen molar-refractivity contribution in [3.05, 3.63) is 106 Å². The van der Waals surface area contributed by atoms with Crippen LogP contribution in [0, 0.1) is 19.7 Å². The number of hydrogen-bond acceptors (Lipinski definition) is 4. The number of H-pyrrole nitrogens is 1. The lowest BCUT2D eigenvalue weighted by molar-refractivity contribution is -0.140. The molecule has 0 radical (unpaired) electrons. The van der Waals surface area contributed by atoms with E-state index in [4.69, 9.17) is 4.74 Å². The normalized spacial score (nSPS) is 17.2. The maximum Gasteiger partial charge on any atom is 0.295 e. The van der Waals surface area contributed by atoms with Gasteiger partial charge in [0.15, 0.2) is 0 Å². The van der Waals surface area contributed by atoms with Gasteiger partial charge in [0.2, 0.25) is 0 Å². The van der Waals surface area contributed by atoms with E-state index in [1.54, 1.807) is 24.3 Å². The second kappa shape index (κ2) is 9.00. The Morgan fingerprint density at radius 1 is 1.06 bits per heavy atom. The van der Waals surface area contributed by atoms with Gasteiger partial charge in [0.25, 0.3) is 11.7 Å². The molecule has 1 amide bonds. The van der Waals surface area contributed by atoms with Crippen LogP contribution in [-0.4, -0.2) is 33.8 Å². The van der Waals surface area contributed by atoms with Gasteiger partial charge in [0.05, 0.1) is 24.3 Å². The molecule has 1 aromatic heterocycles. The van der Waals surface area contributed by atoms with Crippen molar-refractivity contribution in [2.24, 2.45) is 0 Å². The van der Waals surface area contributed by atoms with E-state index in [1.807, 2.05) is 44.2 Å². The van der Waals surface area contributed by atoms with Crippen molar-refractivity contribution in [1.29, 1.82) is 0 Å². The zero-order chi connectivity index (χ0) is 25.6. The van der Waals surface area contributed by atoms with Crippen molar-refractivity contribution < 1.29 is 23.8 Å². The first-order valence-corrected chi connectivity index (χ1v) is 11.5. The summed E-state index contributed by atoms with van der Waals surface area (Å²) in [6, 6.07) is 17.8. The number of aromatic nitrogens is 1. The molecule has 0 bridgehead atoms. The predicted molar refractivity (Wildman–Crippen MR) is 135 cm³/mol. The molecule has 6 nitrogen and oxygen atoms in total. The van der Waals surface area contributed by atoms with Crippen LogP contribution in [0.3, 0.4) is 0 Å². The highest BCUT2D eigenvalue weighted by Crippen LogP contribution is 2.45. The van der Waals surface area contributed by atoms with Crippen LogP contribution < -0.4 is 4.74 Å². The Morgan fingerprint density at radius 2 is 1.78 bits per heavy atom. The number of likely N-dealkylation sites (tertiary alicyclic amines) is 1. The number of nitrogens with one attached hydrogen (secondary N) is 1. The van der Waals surface area contributed by atoms with E-state index in [0.717, 1.165) is 27.7 Å². The van der Waals surface area contributed by atoms with E-state index in [2.05, 4.69) is 4.98 Å². The van der Waals surface area contributed by atoms with Crippen LogP contribution in [0.2, 0.25) is 0 Å². The van der Waals surface area contributed by atoms with Crippen molar-refractivity contribution in [2.75, 3.05) is 7.11 Å². The highest BCUT2D eigenvalue weighted by atomic mass is 19.1. The summed E-state index contributed by atoms with van der Waals surface area (Å²) in [5.41, 5.74) is 4.19. The molecule has 0 saturated carbocycles. The Morgan fingerprint density at radius 3 is 2.50 bits per heavy atom. The number of aryl methyl sites for hydroxylation is 2. The number of hydrogen-bond donors (Lipinski definition) is 2. The summed E-state index contributed by atoms with van der Waals surface area (Å²) in [7, 11) is 1.48. The molecule has 3 aromatic carbocycles. The van der Waals surface area contributed by atoms with Gasteiger partial charge in [0.1, 0.15) is 17.3 Å². The molecule has 0 aliphatic carbocycles. The molecule has 1 saturated heterocycles. The molecule has 1 unspecified atom stereocenters. The van der Waals surface area contributed by atoms with E-state index in [1.165, 1.54) is 24.1 Å². The highest BCUT2D eigenvalue weighted by molar-refractivity contribution is 6.46. The smallest absolute Gasteiger partial charge is 0.295 e. The van der Waals surface area contributed by atoms with E-state index in [9.17, 15) is 19.1 Å². The molecular formula is C29H25FN2O4. The molecule has 1 fully saturated rings. The van der Waals surface area contributed by atoms with Gasteiger partial charge in [-0.25, -0.2) is 4.39 Å². The maximum atomic E-state index is 13.5. The minimum Gasteiger partial charge on any atom is -0.507 e. The number of benzene rings is 3. The average Bonchev–Trinajstić information content (AvgIpc) is 3.32. The largest absolute Gasteiger partial charge is 0.507 e. The summed E-state index contributed by atoms with van der Waals surface area (Å²) >= 11 is 0. The van der Waals surface area contributed by atoms with Gasteiger partial charge in [-0.2, -0.15) is 0 Å². The van der Waals surface area contributed by atoms with Crippen molar-refractivity contribution in [2.45, 2.75) is 26.4 Å². The number of amides is 1. The molecule has 1 aliphatic heterocycles. The first kappa shape index (κ1) is 23.4. The number of ketones is 1. The highest BCUT2D eigenvalue weighted by Gasteiger charge is 2.47. The van der Waals surface area contributed by atoms with Gasteiger partial charge in [-0.3, -0.25) is 9.59 Å². The number of carbonyl (C=O) groups excluding carboxylic acids is 2. The van der Waals surface area contributed by atoms with Gasteiger partial charge in [-0.1, -0.05) is 42.0 Å². The number of carbonyl (C=O) groups is 2. The molecular weight excluding hydrogens is 459 g/mol. The van der Waals surface area contributed by atoms with Crippen LogP contribution in [0.4, 0.5) is 4.39 Å². The minimum absolute atomic E-state index is 0.0149. The van der Waals surface area contributed by atoms with Gasteiger partial charge in [-0.15, -0.1) is 0 Å². The zero-order valence-electron chi connectivity index (χ0n) is 20.1. The molecule has 36 heavy (non-hydrogen) atoms. The third-order valence-corrected chi connectivity index (χ3v) is 6.63. The summed E-state index contributed by atoms with van der Waals surface area (Å²) in [5.74, 6) is -1.83. The molecule has 7 heteroatoms. The number of ether oxygens (including phenoxy) is 1. The third-order valence-electron chi connectivity index (χ3n) is 6.63. The number of Topliss-reactive ketones (excluding diaryl/α,β-unsaturated/α-hetero) is 1. The number of halogens is 1. The molecule has 1 atom stereocenters. The van der Waals surface area contributed by atoms with Crippen LogP contribution in [0.15, 0.2) is 72.3 Å². The van der Waals surface area contributed by atoms with Crippen molar-refractivity contribution >= 4 is 28.4 Å². The Bertz CT molecular complexity index is 1530. The van der Waals surface area contributed by atoms with Crippen LogP contribution in [0.5, 0.6) is 5.75 Å². The molecule has 182 valence electrons. The Balaban J connectivity index is 1.76. The first-order chi connectivity index (χ1) is 17.3. The molecule has 4 aromatic rings. The van der Waals surface area contributed by atoms with Crippen LogP contribution in [0.25, 0.3) is 16.7 Å². The molecule has 1 aliphatic rings. The number of aromatic amines is 1. The fourth-order valence-electron chi connectivity index (χ4n) is 4.93. The van der Waals surface area contributed by atoms with Crippen molar-refractivity contribution in [1.82, 2.24) is 9.88 Å². The number of fused-ring (bicyclic) bond motifs is 1. The van der Waals surface area contributed by atoms with E-state index < -0.39 is 23.5 Å². The number of nitrogens with zero attached hydrogens (tertiary/aromatic N) is 1. The predicted octanol–water partition coefficient (Wildman–Crippen LogP) is 5.55. The van der Waals surface area contributed by atoms with Crippen LogP contribution >= 0.6 is 0 Å². The summed E-state index contributed by atoms with van der Waals surface area (Å²) in [6.07, 6.45) is 0. The Kier molecular flexibility index (Phi) is 5.84. The summed E-state index contributed by atoms with van der Waals surface area (Å²) in [5, 5.41) is 12.4. The monoisotopic (exact) mass is 484 g/mol. The van der Waals surface area contributed by atoms with Gasteiger partial charge in [-0.05, 0) is 49.7 Å². The lowest BCUT2D eigenvalue weighted by Crippen LogP contribution is -2.29. The SMILES string of the molecule is COc1ccc(C)cc1/C(O)=C1\C(=O)C(=O)N(Cc2ccc(F)cc2)C1c1c(C)[nH]c2ccccc12. The van der Waals surface area contributed by atoms with E-state index >= 15 is 0 Å². The van der Waals surface area contributed by atoms with Crippen molar-refractivity contribution in [3.8, 4) is 5.75 Å². The third kappa shape index (κ3) is 3.82. The standard InChI is InChI=1S/C29H25FN2O4/c1-16-8-13-23(36-3)21(14-16)27(33)25-26(24-17(2)31-22-7-5-4-6-20(22)24)32(29(35)28(25)34)15-18-9-11-19(30)12-10-18/h4-14,26,31,33H,15H2,1-3H3/b27-25+. The number of methoxy groups -OCH3 is 1. The average molecular weight is 485 g/mol. The number of rotatable bonds is 5. The van der Waals surface area contributed by atoms with Gasteiger partial charge < -0.3 is 19.7 Å². The molecule has 2 heterocycles. The maximum absolute atomic E-state index is 13.5. The summed E-state index contributed by atoms with van der Waals surface area (Å²) in [4.78, 5) is 31.7. The summed E-state index contributed by atoms with van der Waals surface area (Å²) < 4.78 is 19.0. The lowest BCUT2D eigenvalue weighted by Gasteiger charge is -2.26. The zero-order valence-corrected chi connectivity index (χ0v) is 20.1. The number of aliphatic hydroxyl groups is 1. The van der Waals surface area contributed by atoms with E-state index in [0.29, 0.717) is 16.9 Å². The van der Waals surface area contributed by atoms with Gasteiger partial charge in [0, 0.05) is 28.7 Å². The Hall–Kier alpha value is -4.39. The van der Waals surface area contributed by atoms with Gasteiger partial charge >= 0.3 is 0 Å². The lowest BCUT2D eigenvalue weighted by atomic mass is 9.92. The topological polar surface area (TPSA) is 82.6 Å². The van der Waals surface area contributed by atoms with Crippen molar-refractivity contribution in [3.63, 3.8) is 0 Å². The van der Waals surface area contributed by atoms with Crippen LogP contribution in [-0.2, 0) is 16.1 Å². The number of para-hydroxylation sites is 1. The first-order valence-electron chi connectivity index (χ1n) is 11.5. The fraction of sp³-hybridized carbons (Fsp3) is 0.172. The van der Waals surface area contributed by atoms with E-state index in [-0.39, 0.29) is 17.9 Å². The van der Waals surface area contributed by atoms with Crippen LogP contribution in [0.1, 0.15) is 34.0 Å². The Labute approximate surface area is 207 Å². The second-order valence-corrected chi connectivity index (χ2v) is 8.97. The summed E-state index contributed by atoms with van der Waals surface area (Å²) in [6.45, 7) is 3.81. The molecule has 5 rings (SSSR count). The quantitative estimate of drug-likeness (QED) is 0.221. The number of aliphatic hydroxyl groups excluding tert-OH is 1. The fourth-order valence-corrected chi connectivity index (χ4v) is 4.93. The minimum atomic E-state index is -0.864. The molecule has 0 spiro atoms. The molecule has 2 N–H and O–H groups in total. The second-order valence-electron chi connectivity index (χ2n) is 8.97.